The lowest BCUT2D eigenvalue weighted by Crippen LogP contribution is -2.42. The van der Waals surface area contributed by atoms with Crippen molar-refractivity contribution in [3.63, 3.8) is 0 Å². The van der Waals surface area contributed by atoms with E-state index in [9.17, 15) is 0 Å². The van der Waals surface area contributed by atoms with E-state index in [0.29, 0.717) is 12.6 Å². The molecule has 0 aliphatic carbocycles. The highest BCUT2D eigenvalue weighted by molar-refractivity contribution is 5.79. The number of nitrogens with one attached hydrogen (secondary N) is 2. The van der Waals surface area contributed by atoms with Crippen molar-refractivity contribution < 1.29 is 9.15 Å². The normalized spacial score (nSPS) is 18.7. The van der Waals surface area contributed by atoms with Gasteiger partial charge in [-0.1, -0.05) is 12.2 Å². The van der Waals surface area contributed by atoms with E-state index in [1.54, 1.807) is 6.26 Å². The molecule has 1 aliphatic heterocycles. The molecule has 21 heavy (non-hydrogen) atoms. The Hall–Kier alpha value is -1.75. The second kappa shape index (κ2) is 8.52. The minimum atomic E-state index is 0.298. The maximum atomic E-state index is 5.61. The summed E-state index contributed by atoms with van der Waals surface area (Å²) in [4.78, 5) is 4.51. The van der Waals surface area contributed by atoms with Crippen LogP contribution in [0.2, 0.25) is 0 Å². The fourth-order valence-electron chi connectivity index (χ4n) is 2.16. The van der Waals surface area contributed by atoms with Crippen molar-refractivity contribution >= 4 is 5.96 Å². The zero-order chi connectivity index (χ0) is 14.9. The Balaban J connectivity index is 1.76. The zero-order valence-electron chi connectivity index (χ0n) is 12.7. The van der Waals surface area contributed by atoms with E-state index in [1.165, 1.54) is 0 Å². The third-order valence-electron chi connectivity index (χ3n) is 3.27. The summed E-state index contributed by atoms with van der Waals surface area (Å²) in [6, 6.07) is 3.88. The van der Waals surface area contributed by atoms with Crippen molar-refractivity contribution in [2.45, 2.75) is 32.3 Å². The third-order valence-corrected chi connectivity index (χ3v) is 3.27. The number of nitrogens with zero attached hydrogens (tertiary/aromatic N) is 1. The average Bonchev–Trinajstić information content (AvgIpc) is 3.14. The predicted molar refractivity (Wildman–Crippen MR) is 84.5 cm³/mol. The van der Waals surface area contributed by atoms with Gasteiger partial charge in [-0.15, -0.1) is 0 Å². The minimum Gasteiger partial charge on any atom is -0.469 e. The summed E-state index contributed by atoms with van der Waals surface area (Å²) in [5.41, 5.74) is 1.04. The van der Waals surface area contributed by atoms with Gasteiger partial charge >= 0.3 is 0 Å². The fraction of sp³-hybridized carbons (Fsp3) is 0.562. The van der Waals surface area contributed by atoms with Gasteiger partial charge in [0.05, 0.1) is 18.9 Å². The largest absolute Gasteiger partial charge is 0.469 e. The highest BCUT2D eigenvalue weighted by Crippen LogP contribution is 2.10. The molecule has 0 amide bonds. The van der Waals surface area contributed by atoms with E-state index in [-0.39, 0.29) is 0 Å². The van der Waals surface area contributed by atoms with Crippen molar-refractivity contribution in [2.24, 2.45) is 4.99 Å². The van der Waals surface area contributed by atoms with Crippen molar-refractivity contribution in [3.05, 3.63) is 36.3 Å². The molecular weight excluding hydrogens is 266 g/mol. The van der Waals surface area contributed by atoms with Crippen LogP contribution in [0.3, 0.4) is 0 Å². The molecule has 1 fully saturated rings. The van der Waals surface area contributed by atoms with Gasteiger partial charge in [0, 0.05) is 26.1 Å². The number of aliphatic imine (C=N–C) groups is 1. The number of rotatable bonds is 7. The van der Waals surface area contributed by atoms with Gasteiger partial charge in [0.2, 0.25) is 0 Å². The Labute approximate surface area is 126 Å². The number of ether oxygens (including phenoxy) is 1. The molecule has 0 bridgehead atoms. The fourth-order valence-corrected chi connectivity index (χ4v) is 2.16. The highest BCUT2D eigenvalue weighted by atomic mass is 16.5. The topological polar surface area (TPSA) is 58.8 Å². The van der Waals surface area contributed by atoms with E-state index in [4.69, 9.17) is 9.15 Å². The Morgan fingerprint density at radius 2 is 2.38 bits per heavy atom. The van der Waals surface area contributed by atoms with Crippen LogP contribution < -0.4 is 10.6 Å². The summed E-state index contributed by atoms with van der Waals surface area (Å²) in [5, 5.41) is 6.66. The summed E-state index contributed by atoms with van der Waals surface area (Å²) in [6.07, 6.45) is 5.10. The molecule has 116 valence electrons. The first kappa shape index (κ1) is 15.6. The van der Waals surface area contributed by atoms with E-state index >= 15 is 0 Å². The van der Waals surface area contributed by atoms with Gasteiger partial charge < -0.3 is 19.8 Å². The molecule has 1 aromatic heterocycles. The van der Waals surface area contributed by atoms with Crippen LogP contribution >= 0.6 is 0 Å². The predicted octanol–water partition coefficient (Wildman–Crippen LogP) is 2.11. The number of hydrogen-bond donors (Lipinski definition) is 2. The van der Waals surface area contributed by atoms with Crippen LogP contribution in [0.1, 0.15) is 25.5 Å². The third kappa shape index (κ3) is 6.04. The first-order chi connectivity index (χ1) is 10.2. The first-order valence-electron chi connectivity index (χ1n) is 7.54. The first-order valence-corrected chi connectivity index (χ1v) is 7.54. The zero-order valence-corrected chi connectivity index (χ0v) is 12.7. The van der Waals surface area contributed by atoms with Crippen LogP contribution in [0.25, 0.3) is 0 Å². The molecule has 1 atom stereocenters. The summed E-state index contributed by atoms with van der Waals surface area (Å²) in [5.74, 6) is 1.78. The minimum absolute atomic E-state index is 0.298. The lowest BCUT2D eigenvalue weighted by atomic mass is 10.2. The lowest BCUT2D eigenvalue weighted by Gasteiger charge is -2.15. The molecule has 2 rings (SSSR count). The van der Waals surface area contributed by atoms with E-state index in [2.05, 4.69) is 22.2 Å². The van der Waals surface area contributed by atoms with Gasteiger partial charge in [0.25, 0.3) is 0 Å². The summed E-state index contributed by atoms with van der Waals surface area (Å²) >= 11 is 0. The molecule has 1 aromatic rings. The SMILES string of the molecule is C=C(C)CN=C(NCCc1ccco1)NCC1CCCO1. The van der Waals surface area contributed by atoms with Crippen molar-refractivity contribution in [2.75, 3.05) is 26.2 Å². The molecule has 0 saturated carbocycles. The van der Waals surface area contributed by atoms with E-state index < -0.39 is 0 Å². The molecule has 0 aromatic carbocycles. The smallest absolute Gasteiger partial charge is 0.191 e. The second-order valence-corrected chi connectivity index (χ2v) is 5.39. The van der Waals surface area contributed by atoms with Crippen LogP contribution in [0.5, 0.6) is 0 Å². The van der Waals surface area contributed by atoms with Gasteiger partial charge in [0.15, 0.2) is 5.96 Å². The Morgan fingerprint density at radius 3 is 3.05 bits per heavy atom. The standard InChI is InChI=1S/C16H25N3O2/c1-13(2)11-18-16(19-12-15-6-4-10-21-15)17-8-7-14-5-3-9-20-14/h3,5,9,15H,1,4,6-8,10-12H2,2H3,(H2,17,18,19). The van der Waals surface area contributed by atoms with E-state index in [1.807, 2.05) is 19.1 Å². The molecular formula is C16H25N3O2. The molecule has 1 saturated heterocycles. The molecule has 0 spiro atoms. The molecule has 5 heteroatoms. The second-order valence-electron chi connectivity index (χ2n) is 5.39. The van der Waals surface area contributed by atoms with E-state index in [0.717, 1.165) is 56.3 Å². The van der Waals surface area contributed by atoms with Crippen LogP contribution in [-0.4, -0.2) is 38.3 Å². The Kier molecular flexibility index (Phi) is 6.34. The number of guanidine groups is 1. The van der Waals surface area contributed by atoms with Crippen LogP contribution in [0.15, 0.2) is 40.0 Å². The van der Waals surface area contributed by atoms with Crippen molar-refractivity contribution in [1.29, 1.82) is 0 Å². The lowest BCUT2D eigenvalue weighted by molar-refractivity contribution is 0.114. The molecule has 5 nitrogen and oxygen atoms in total. The average molecular weight is 291 g/mol. The van der Waals surface area contributed by atoms with Crippen LogP contribution in [0, 0.1) is 0 Å². The molecule has 0 radical (unpaired) electrons. The maximum Gasteiger partial charge on any atom is 0.191 e. The molecule has 1 unspecified atom stereocenters. The summed E-state index contributed by atoms with van der Waals surface area (Å²) in [7, 11) is 0. The molecule has 2 heterocycles. The van der Waals surface area contributed by atoms with Gasteiger partial charge in [-0.05, 0) is 31.9 Å². The molecule has 1 aliphatic rings. The van der Waals surface area contributed by atoms with Crippen molar-refractivity contribution in [1.82, 2.24) is 10.6 Å². The number of hydrogen-bond acceptors (Lipinski definition) is 3. The monoisotopic (exact) mass is 291 g/mol. The number of furan rings is 1. The van der Waals surface area contributed by atoms with Crippen LogP contribution in [-0.2, 0) is 11.2 Å². The maximum absolute atomic E-state index is 5.61. The van der Waals surface area contributed by atoms with Gasteiger partial charge in [-0.25, -0.2) is 4.99 Å². The molecule has 2 N–H and O–H groups in total. The van der Waals surface area contributed by atoms with Gasteiger partial charge in [0.1, 0.15) is 5.76 Å². The summed E-state index contributed by atoms with van der Waals surface area (Å²) < 4.78 is 10.9. The Bertz CT molecular complexity index is 448. The Morgan fingerprint density at radius 1 is 1.48 bits per heavy atom. The van der Waals surface area contributed by atoms with Crippen LogP contribution in [0.4, 0.5) is 0 Å². The van der Waals surface area contributed by atoms with Crippen molar-refractivity contribution in [3.8, 4) is 0 Å². The highest BCUT2D eigenvalue weighted by Gasteiger charge is 2.15. The van der Waals surface area contributed by atoms with Gasteiger partial charge in [-0.3, -0.25) is 0 Å². The van der Waals surface area contributed by atoms with Gasteiger partial charge in [-0.2, -0.15) is 0 Å². The quantitative estimate of drug-likeness (QED) is 0.459. The summed E-state index contributed by atoms with van der Waals surface area (Å²) in [6.45, 7) is 8.93.